The predicted molar refractivity (Wildman–Crippen MR) is 93.8 cm³/mol. The summed E-state index contributed by atoms with van der Waals surface area (Å²) in [5, 5.41) is 10.7. The van der Waals surface area contributed by atoms with Crippen LogP contribution in [-0.2, 0) is 23.8 Å². The molecule has 0 saturated carbocycles. The molecule has 0 spiro atoms. The van der Waals surface area contributed by atoms with E-state index in [9.17, 15) is 14.7 Å². The van der Waals surface area contributed by atoms with Crippen LogP contribution in [0.25, 0.3) is 0 Å². The van der Waals surface area contributed by atoms with E-state index < -0.39 is 35.9 Å². The van der Waals surface area contributed by atoms with Crippen molar-refractivity contribution in [2.75, 3.05) is 0 Å². The van der Waals surface area contributed by atoms with Gasteiger partial charge in [0.15, 0.2) is 0 Å². The van der Waals surface area contributed by atoms with Crippen molar-refractivity contribution in [2.24, 2.45) is 5.92 Å². The second-order valence-corrected chi connectivity index (χ2v) is 7.16. The molecule has 5 atom stereocenters. The molecule has 0 aromatic heterocycles. The number of carbonyl (C=O) groups excluding carboxylic acids is 2. The molecule has 3 aliphatic rings. The quantitative estimate of drug-likeness (QED) is 0.462. The lowest BCUT2D eigenvalue weighted by Gasteiger charge is -2.28. The van der Waals surface area contributed by atoms with Crippen molar-refractivity contribution in [1.82, 2.24) is 0 Å². The summed E-state index contributed by atoms with van der Waals surface area (Å²) in [4.78, 5) is 24.5. The van der Waals surface area contributed by atoms with E-state index in [0.29, 0.717) is 17.6 Å². The summed E-state index contributed by atoms with van der Waals surface area (Å²) < 4.78 is 17.0. The molecule has 3 heterocycles. The summed E-state index contributed by atoms with van der Waals surface area (Å²) in [6.07, 6.45) is 3.46. The Morgan fingerprint density at radius 1 is 1.38 bits per heavy atom. The molecule has 26 heavy (non-hydrogen) atoms. The van der Waals surface area contributed by atoms with Crippen LogP contribution in [0.3, 0.4) is 0 Å². The molecule has 3 rings (SSSR count). The van der Waals surface area contributed by atoms with Crippen LogP contribution in [0.1, 0.15) is 34.1 Å². The van der Waals surface area contributed by atoms with E-state index in [1.165, 1.54) is 6.08 Å². The summed E-state index contributed by atoms with van der Waals surface area (Å²) in [6, 6.07) is 0. The number of aliphatic hydroxyl groups is 1. The van der Waals surface area contributed by atoms with Crippen LogP contribution in [0.15, 0.2) is 47.1 Å². The normalized spacial score (nSPS) is 37.0. The summed E-state index contributed by atoms with van der Waals surface area (Å²) in [7, 11) is 0. The maximum atomic E-state index is 12.4. The van der Waals surface area contributed by atoms with Crippen LogP contribution in [0.4, 0.5) is 0 Å². The van der Waals surface area contributed by atoms with Crippen LogP contribution < -0.4 is 0 Å². The van der Waals surface area contributed by atoms with Gasteiger partial charge in [-0.25, -0.2) is 9.59 Å². The minimum atomic E-state index is -1.57. The zero-order chi connectivity index (χ0) is 19.2. The molecule has 1 saturated heterocycles. The second kappa shape index (κ2) is 6.52. The maximum absolute atomic E-state index is 12.4. The minimum Gasteiger partial charge on any atom is -0.458 e. The molecule has 2 bridgehead atoms. The Labute approximate surface area is 152 Å². The Morgan fingerprint density at radius 3 is 2.69 bits per heavy atom. The number of carbonyl (C=O) groups is 2. The largest absolute Gasteiger partial charge is 0.458 e. The van der Waals surface area contributed by atoms with Crippen LogP contribution >= 0.6 is 0 Å². The van der Waals surface area contributed by atoms with Gasteiger partial charge in [-0.2, -0.15) is 0 Å². The molecule has 1 fully saturated rings. The molecule has 0 aliphatic carbocycles. The molecule has 0 amide bonds. The fraction of sp³-hybridized carbons (Fsp3) is 0.500. The molecule has 6 heteroatoms. The van der Waals surface area contributed by atoms with E-state index in [2.05, 4.69) is 6.58 Å². The lowest BCUT2D eigenvalue weighted by atomic mass is 9.83. The predicted octanol–water partition coefficient (Wildman–Crippen LogP) is 2.35. The van der Waals surface area contributed by atoms with E-state index in [0.717, 1.165) is 5.57 Å². The highest BCUT2D eigenvalue weighted by atomic mass is 16.6. The molecule has 0 aromatic carbocycles. The highest BCUT2D eigenvalue weighted by molar-refractivity contribution is 5.92. The minimum absolute atomic E-state index is 0.269. The first-order valence-electron chi connectivity index (χ1n) is 8.67. The molecule has 0 radical (unpaired) electrons. The fourth-order valence-corrected chi connectivity index (χ4v) is 3.70. The third-order valence-corrected chi connectivity index (χ3v) is 5.24. The van der Waals surface area contributed by atoms with Gasteiger partial charge in [0.1, 0.15) is 12.2 Å². The van der Waals surface area contributed by atoms with Gasteiger partial charge in [-0.15, -0.1) is 0 Å². The third kappa shape index (κ3) is 3.15. The van der Waals surface area contributed by atoms with Crippen LogP contribution in [0, 0.1) is 5.92 Å². The Balaban J connectivity index is 2.05. The van der Waals surface area contributed by atoms with Gasteiger partial charge >= 0.3 is 11.9 Å². The number of hydrogen-bond donors (Lipinski definition) is 1. The molecule has 0 aromatic rings. The number of allylic oxidation sites excluding steroid dienone is 1. The molecule has 3 aliphatic heterocycles. The van der Waals surface area contributed by atoms with Gasteiger partial charge in [-0.3, -0.25) is 0 Å². The summed E-state index contributed by atoms with van der Waals surface area (Å²) in [5.74, 6) is -3.07. The van der Waals surface area contributed by atoms with Crippen molar-refractivity contribution < 1.29 is 28.9 Å². The van der Waals surface area contributed by atoms with E-state index in [-0.39, 0.29) is 11.7 Å². The zero-order valence-electron chi connectivity index (χ0n) is 15.4. The number of rotatable bonds is 2. The first-order chi connectivity index (χ1) is 12.1. The smallest absolute Gasteiger partial charge is 0.334 e. The van der Waals surface area contributed by atoms with Gasteiger partial charge in [0.25, 0.3) is 0 Å². The van der Waals surface area contributed by atoms with E-state index >= 15 is 0 Å². The zero-order valence-corrected chi connectivity index (χ0v) is 15.4. The van der Waals surface area contributed by atoms with Crippen molar-refractivity contribution in [2.45, 2.75) is 58.2 Å². The molecule has 5 unspecified atom stereocenters. The van der Waals surface area contributed by atoms with Crippen LogP contribution in [-0.4, -0.2) is 41.1 Å². The van der Waals surface area contributed by atoms with E-state index in [4.69, 9.17) is 14.2 Å². The first kappa shape index (κ1) is 18.6. The Kier molecular flexibility index (Phi) is 4.67. The lowest BCUT2D eigenvalue weighted by molar-refractivity contribution is -0.151. The Morgan fingerprint density at radius 2 is 2.04 bits per heavy atom. The lowest BCUT2D eigenvalue weighted by Crippen LogP contribution is -2.36. The summed E-state index contributed by atoms with van der Waals surface area (Å²) in [5.41, 5.74) is 2.16. The van der Waals surface area contributed by atoms with Crippen LogP contribution in [0.5, 0.6) is 0 Å². The molecule has 6 nitrogen and oxygen atoms in total. The van der Waals surface area contributed by atoms with Crippen molar-refractivity contribution in [3.63, 3.8) is 0 Å². The number of ether oxygens (including phenoxy) is 3. The Bertz CT molecular complexity index is 758. The fourth-order valence-electron chi connectivity index (χ4n) is 3.70. The highest BCUT2D eigenvalue weighted by Gasteiger charge is 2.50. The number of fused-ring (bicyclic) bond motifs is 3. The average Bonchev–Trinajstić information content (AvgIpc) is 3.00. The summed E-state index contributed by atoms with van der Waals surface area (Å²) in [6.45, 7) is 10.9. The van der Waals surface area contributed by atoms with Gasteiger partial charge in [0.2, 0.25) is 5.79 Å². The van der Waals surface area contributed by atoms with E-state index in [1.807, 2.05) is 6.92 Å². The molecule has 140 valence electrons. The van der Waals surface area contributed by atoms with Crippen LogP contribution in [0.2, 0.25) is 0 Å². The van der Waals surface area contributed by atoms with E-state index in [1.54, 1.807) is 32.9 Å². The highest BCUT2D eigenvalue weighted by Crippen LogP contribution is 2.42. The summed E-state index contributed by atoms with van der Waals surface area (Å²) >= 11 is 0. The second-order valence-electron chi connectivity index (χ2n) is 7.16. The molecular formula is C20H24O6. The SMILES string of the molecule is C=C1C(=O)OC2CC3OC(O)(C=C3C)C=C(C)C(OC(=O)C(C)=CC)C12. The van der Waals surface area contributed by atoms with Crippen molar-refractivity contribution in [1.29, 1.82) is 0 Å². The topological polar surface area (TPSA) is 82.1 Å². The van der Waals surface area contributed by atoms with Gasteiger partial charge in [0, 0.05) is 17.6 Å². The molecule has 1 N–H and O–H groups in total. The van der Waals surface area contributed by atoms with Crippen molar-refractivity contribution >= 4 is 11.9 Å². The number of esters is 2. The van der Waals surface area contributed by atoms with Crippen molar-refractivity contribution in [3.05, 3.63) is 47.1 Å². The first-order valence-corrected chi connectivity index (χ1v) is 8.67. The monoisotopic (exact) mass is 360 g/mol. The van der Waals surface area contributed by atoms with Gasteiger partial charge in [0.05, 0.1) is 12.0 Å². The Hall–Kier alpha value is -2.18. The molecular weight excluding hydrogens is 336 g/mol. The number of hydrogen-bond acceptors (Lipinski definition) is 6. The van der Waals surface area contributed by atoms with Gasteiger partial charge in [-0.05, 0) is 51.0 Å². The third-order valence-electron chi connectivity index (χ3n) is 5.24. The average molecular weight is 360 g/mol. The van der Waals surface area contributed by atoms with Gasteiger partial charge in [-0.1, -0.05) is 12.7 Å². The van der Waals surface area contributed by atoms with Crippen molar-refractivity contribution in [3.8, 4) is 0 Å². The standard InChI is InChI=1S/C20H24O6/c1-6-10(2)18(21)25-17-12(4)9-20(23)8-11(3)14(26-20)7-15-16(17)13(5)19(22)24-15/h6,8-9,14-17,23H,5,7H2,1-4H3. The maximum Gasteiger partial charge on any atom is 0.334 e. The van der Waals surface area contributed by atoms with Gasteiger partial charge < -0.3 is 19.3 Å².